The maximum atomic E-state index is 12.7. The lowest BCUT2D eigenvalue weighted by atomic mass is 9.72. The molecule has 6 rings (SSSR count). The molecule has 1 unspecified atom stereocenters. The lowest BCUT2D eigenvalue weighted by Crippen LogP contribution is -2.61. The largest absolute Gasteiger partial charge is 0.435 e. The minimum absolute atomic E-state index is 0.0155. The topological polar surface area (TPSA) is 122 Å². The van der Waals surface area contributed by atoms with Crippen LogP contribution in [0.25, 0.3) is 11.4 Å². The van der Waals surface area contributed by atoms with E-state index >= 15 is 0 Å². The van der Waals surface area contributed by atoms with Crippen LogP contribution in [0.5, 0.6) is 5.75 Å². The molecule has 3 aromatic rings. The van der Waals surface area contributed by atoms with Gasteiger partial charge in [-0.2, -0.15) is 13.9 Å². The molecule has 3 aliphatic rings. The van der Waals surface area contributed by atoms with Crippen LogP contribution in [-0.4, -0.2) is 79.5 Å². The van der Waals surface area contributed by atoms with E-state index in [0.717, 1.165) is 56.1 Å². The Morgan fingerprint density at radius 1 is 1.18 bits per heavy atom. The van der Waals surface area contributed by atoms with E-state index in [0.29, 0.717) is 36.8 Å². The number of aliphatic hydroxyl groups excluding tert-OH is 1. The smallest absolute Gasteiger partial charge is 0.387 e. The van der Waals surface area contributed by atoms with Crippen LogP contribution in [0.4, 0.5) is 26.2 Å². The fourth-order valence-corrected chi connectivity index (χ4v) is 5.71. The van der Waals surface area contributed by atoms with Crippen molar-refractivity contribution < 1.29 is 23.4 Å². The third-order valence-corrected chi connectivity index (χ3v) is 7.86. The molecule has 3 aromatic heterocycles. The zero-order valence-electron chi connectivity index (χ0n) is 21.6. The number of nitrogens with one attached hydrogen (secondary N) is 1. The molecule has 0 saturated carbocycles. The molecule has 1 spiro atoms. The molecular weight excluding hydrogens is 510 g/mol. The summed E-state index contributed by atoms with van der Waals surface area (Å²) in [6.45, 7) is 2.44. The maximum absolute atomic E-state index is 12.7. The van der Waals surface area contributed by atoms with E-state index in [2.05, 4.69) is 25.0 Å². The number of anilines is 3. The van der Waals surface area contributed by atoms with Crippen molar-refractivity contribution in [3.05, 3.63) is 36.3 Å². The summed E-state index contributed by atoms with van der Waals surface area (Å²) >= 11 is 0. The number of rotatable bonds is 6. The van der Waals surface area contributed by atoms with Crippen molar-refractivity contribution in [3.63, 3.8) is 0 Å². The van der Waals surface area contributed by atoms with Gasteiger partial charge in [-0.15, -0.1) is 0 Å². The van der Waals surface area contributed by atoms with Gasteiger partial charge in [-0.3, -0.25) is 9.48 Å². The Kier molecular flexibility index (Phi) is 6.53. The molecule has 39 heavy (non-hydrogen) atoms. The number of nitrogens with zero attached hydrogens (tertiary/aromatic N) is 7. The van der Waals surface area contributed by atoms with Gasteiger partial charge in [0.2, 0.25) is 5.91 Å². The van der Waals surface area contributed by atoms with Crippen molar-refractivity contribution in [1.29, 1.82) is 0 Å². The molecule has 3 aliphatic heterocycles. The third-order valence-electron chi connectivity index (χ3n) is 7.86. The third kappa shape index (κ3) is 5.22. The van der Waals surface area contributed by atoms with Crippen LogP contribution < -0.4 is 15.0 Å². The molecule has 0 aromatic carbocycles. The van der Waals surface area contributed by atoms with Crippen LogP contribution >= 0.6 is 0 Å². The number of aryl methyl sites for hydroxylation is 1. The Balaban J connectivity index is 1.29. The first-order chi connectivity index (χ1) is 18.8. The number of hydrogen-bond acceptors (Lipinski definition) is 9. The Bertz CT molecular complexity index is 1370. The molecule has 0 aliphatic carbocycles. The van der Waals surface area contributed by atoms with Crippen LogP contribution in [-0.2, 0) is 17.8 Å². The molecule has 6 heterocycles. The van der Waals surface area contributed by atoms with Gasteiger partial charge in [0.05, 0.1) is 23.6 Å². The monoisotopic (exact) mass is 540 g/mol. The van der Waals surface area contributed by atoms with Crippen molar-refractivity contribution in [1.82, 2.24) is 29.6 Å². The number of halogens is 2. The summed E-state index contributed by atoms with van der Waals surface area (Å²) < 4.78 is 31.8. The summed E-state index contributed by atoms with van der Waals surface area (Å²) in [4.78, 5) is 29.7. The fourth-order valence-electron chi connectivity index (χ4n) is 5.71. The van der Waals surface area contributed by atoms with Crippen LogP contribution in [0.2, 0.25) is 0 Å². The number of alkyl halides is 2. The van der Waals surface area contributed by atoms with E-state index in [1.54, 1.807) is 13.1 Å². The summed E-state index contributed by atoms with van der Waals surface area (Å²) in [5, 5.41) is 17.9. The standard InChI is InChI=1S/C26H30F2N8O3/c1-16(37)34-8-4-26(5-9-34)14-35(15-26)23-12-22(31-21-11-18(2-6-29-21)39-25(27)28)32-24(33-23)19-13-30-36-7-3-17(38)10-20(19)36/h2,6,11-13,17,25,38H,3-5,7-10,14-15H2,1H3,(H,29,31,32,33). The van der Waals surface area contributed by atoms with Crippen molar-refractivity contribution >= 4 is 23.4 Å². The number of likely N-dealkylation sites (tertiary alicyclic amines) is 1. The number of ether oxygens (including phenoxy) is 1. The highest BCUT2D eigenvalue weighted by atomic mass is 19.3. The fraction of sp³-hybridized carbons (Fsp3) is 0.500. The molecule has 2 fully saturated rings. The van der Waals surface area contributed by atoms with E-state index in [-0.39, 0.29) is 17.1 Å². The van der Waals surface area contributed by atoms with Crippen molar-refractivity contribution in [2.24, 2.45) is 5.41 Å². The van der Waals surface area contributed by atoms with E-state index in [9.17, 15) is 18.7 Å². The maximum Gasteiger partial charge on any atom is 0.387 e. The summed E-state index contributed by atoms with van der Waals surface area (Å²) in [7, 11) is 0. The Labute approximate surface area is 223 Å². The number of aliphatic hydroxyl groups is 1. The number of fused-ring (bicyclic) bond motifs is 1. The SMILES string of the molecule is CC(=O)N1CCC2(CC1)CN(c1cc(Nc3cc(OC(F)F)ccn3)nc(-c3cnn4c3CC(O)CC4)n1)C2. The van der Waals surface area contributed by atoms with Gasteiger partial charge >= 0.3 is 6.61 Å². The van der Waals surface area contributed by atoms with E-state index in [1.165, 1.54) is 18.3 Å². The molecule has 13 heteroatoms. The normalized spacial score (nSPS) is 20.1. The molecular formula is C26H30F2N8O3. The number of pyridine rings is 1. The molecule has 2 N–H and O–H groups in total. The summed E-state index contributed by atoms with van der Waals surface area (Å²) in [6, 6.07) is 4.55. The lowest BCUT2D eigenvalue weighted by molar-refractivity contribution is -0.131. The number of piperidine rings is 1. The van der Waals surface area contributed by atoms with Gasteiger partial charge in [0.1, 0.15) is 23.2 Å². The highest BCUT2D eigenvalue weighted by Crippen LogP contribution is 2.43. The van der Waals surface area contributed by atoms with Crippen LogP contribution in [0.1, 0.15) is 31.9 Å². The Morgan fingerprint density at radius 2 is 1.97 bits per heavy atom. The first-order valence-corrected chi connectivity index (χ1v) is 13.1. The van der Waals surface area contributed by atoms with Crippen LogP contribution in [0.15, 0.2) is 30.6 Å². The zero-order chi connectivity index (χ0) is 27.1. The average Bonchev–Trinajstić information content (AvgIpc) is 3.30. The first-order valence-electron chi connectivity index (χ1n) is 13.1. The minimum Gasteiger partial charge on any atom is -0.435 e. The van der Waals surface area contributed by atoms with E-state index < -0.39 is 12.7 Å². The van der Waals surface area contributed by atoms with E-state index in [4.69, 9.17) is 9.97 Å². The van der Waals surface area contributed by atoms with Crippen molar-refractivity contribution in [2.45, 2.75) is 51.9 Å². The number of aromatic nitrogens is 5. The van der Waals surface area contributed by atoms with Crippen molar-refractivity contribution in [2.75, 3.05) is 36.4 Å². The molecule has 11 nitrogen and oxygen atoms in total. The second-order valence-electron chi connectivity index (χ2n) is 10.6. The lowest BCUT2D eigenvalue weighted by Gasteiger charge is -2.54. The molecule has 1 amide bonds. The number of amides is 1. The van der Waals surface area contributed by atoms with Gasteiger partial charge < -0.3 is 25.0 Å². The van der Waals surface area contributed by atoms with Gasteiger partial charge in [0, 0.05) is 69.8 Å². The summed E-state index contributed by atoms with van der Waals surface area (Å²) in [5.74, 6) is 2.02. The Morgan fingerprint density at radius 3 is 2.72 bits per heavy atom. The van der Waals surface area contributed by atoms with Gasteiger partial charge in [0.15, 0.2) is 5.82 Å². The molecule has 0 bridgehead atoms. The number of carbonyl (C=O) groups is 1. The Hall–Kier alpha value is -3.87. The van der Waals surface area contributed by atoms with E-state index in [1.807, 2.05) is 15.6 Å². The highest BCUT2D eigenvalue weighted by Gasteiger charge is 2.46. The predicted molar refractivity (Wildman–Crippen MR) is 138 cm³/mol. The molecule has 1 atom stereocenters. The minimum atomic E-state index is -2.94. The second-order valence-corrected chi connectivity index (χ2v) is 10.6. The highest BCUT2D eigenvalue weighted by molar-refractivity contribution is 5.73. The quantitative estimate of drug-likeness (QED) is 0.486. The predicted octanol–water partition coefficient (Wildman–Crippen LogP) is 2.84. The summed E-state index contributed by atoms with van der Waals surface area (Å²) in [6.07, 6.45) is 5.64. The molecule has 2 saturated heterocycles. The van der Waals surface area contributed by atoms with Gasteiger partial charge in [-0.05, 0) is 25.3 Å². The van der Waals surface area contributed by atoms with Crippen LogP contribution in [0, 0.1) is 5.41 Å². The van der Waals surface area contributed by atoms with Gasteiger partial charge in [0.25, 0.3) is 0 Å². The first kappa shape index (κ1) is 25.4. The average molecular weight is 541 g/mol. The number of hydrogen-bond donors (Lipinski definition) is 2. The molecule has 206 valence electrons. The second kappa shape index (κ2) is 10.0. The van der Waals surface area contributed by atoms with Crippen molar-refractivity contribution in [3.8, 4) is 17.1 Å². The number of carbonyl (C=O) groups excluding carboxylic acids is 1. The summed E-state index contributed by atoms with van der Waals surface area (Å²) in [5.41, 5.74) is 1.76. The van der Waals surface area contributed by atoms with Crippen LogP contribution in [0.3, 0.4) is 0 Å². The molecule has 0 radical (unpaired) electrons. The zero-order valence-corrected chi connectivity index (χ0v) is 21.6. The van der Waals surface area contributed by atoms with Gasteiger partial charge in [-0.25, -0.2) is 15.0 Å². The van der Waals surface area contributed by atoms with Gasteiger partial charge in [-0.1, -0.05) is 0 Å².